The van der Waals surface area contributed by atoms with Gasteiger partial charge >= 0.3 is 0 Å². The fourth-order valence-electron chi connectivity index (χ4n) is 2.01. The highest BCUT2D eigenvalue weighted by atomic mass is 127. The fraction of sp³-hybridized carbons (Fsp3) is 0. The first-order chi connectivity index (χ1) is 8.33. The lowest BCUT2D eigenvalue weighted by Gasteiger charge is -2.04. The summed E-state index contributed by atoms with van der Waals surface area (Å²) in [5.41, 5.74) is 2.55. The molecule has 0 saturated carbocycles. The van der Waals surface area contributed by atoms with E-state index < -0.39 is 0 Å². The van der Waals surface area contributed by atoms with E-state index in [0.29, 0.717) is 0 Å². The number of rotatable bonds is 1. The second kappa shape index (κ2) is 4.49. The molecule has 3 aromatic carbocycles. The number of fused-ring (bicyclic) bond motifs is 1. The summed E-state index contributed by atoms with van der Waals surface area (Å²) in [4.78, 5) is 0. The van der Waals surface area contributed by atoms with Gasteiger partial charge in [0, 0.05) is 3.57 Å². The van der Waals surface area contributed by atoms with E-state index >= 15 is 0 Å². The Bertz CT molecular complexity index is 654. The minimum Gasteiger partial charge on any atom is -0.0616 e. The quantitative estimate of drug-likeness (QED) is 0.544. The molecule has 3 rings (SSSR count). The van der Waals surface area contributed by atoms with Gasteiger partial charge in [-0.25, -0.2) is 0 Å². The van der Waals surface area contributed by atoms with Crippen molar-refractivity contribution in [2.24, 2.45) is 0 Å². The summed E-state index contributed by atoms with van der Waals surface area (Å²) in [6, 6.07) is 23.7. The lowest BCUT2D eigenvalue weighted by atomic mass is 10.0. The van der Waals surface area contributed by atoms with Crippen molar-refractivity contribution in [3.8, 4) is 11.1 Å². The van der Waals surface area contributed by atoms with Crippen LogP contribution in [0.5, 0.6) is 0 Å². The third kappa shape index (κ3) is 2.20. The van der Waals surface area contributed by atoms with E-state index in [-0.39, 0.29) is 0 Å². The highest BCUT2D eigenvalue weighted by Crippen LogP contribution is 2.24. The Kier molecular flexibility index (Phi) is 2.85. The molecule has 82 valence electrons. The van der Waals surface area contributed by atoms with Gasteiger partial charge in [-0.3, -0.25) is 0 Å². The molecule has 0 fully saturated rings. The first kappa shape index (κ1) is 10.8. The number of hydrogen-bond acceptors (Lipinski definition) is 0. The molecule has 0 aromatic heterocycles. The van der Waals surface area contributed by atoms with Crippen LogP contribution in [0, 0.1) is 3.57 Å². The van der Waals surface area contributed by atoms with Crippen molar-refractivity contribution in [3.63, 3.8) is 0 Å². The third-order valence-corrected chi connectivity index (χ3v) is 3.65. The van der Waals surface area contributed by atoms with Crippen LogP contribution in [0.2, 0.25) is 0 Å². The van der Waals surface area contributed by atoms with E-state index in [4.69, 9.17) is 0 Å². The number of benzene rings is 3. The average Bonchev–Trinajstić information content (AvgIpc) is 2.39. The van der Waals surface area contributed by atoms with Crippen LogP contribution >= 0.6 is 22.6 Å². The molecule has 0 radical (unpaired) electrons. The van der Waals surface area contributed by atoms with E-state index in [1.54, 1.807) is 0 Å². The molecule has 0 atom stereocenters. The van der Waals surface area contributed by atoms with Gasteiger partial charge in [0.15, 0.2) is 0 Å². The predicted octanol–water partition coefficient (Wildman–Crippen LogP) is 5.11. The topological polar surface area (TPSA) is 0 Å². The average molecular weight is 330 g/mol. The summed E-state index contributed by atoms with van der Waals surface area (Å²) in [6.45, 7) is 0. The number of halogens is 1. The highest BCUT2D eigenvalue weighted by Gasteiger charge is 1.99. The van der Waals surface area contributed by atoms with Crippen molar-refractivity contribution >= 4 is 33.4 Å². The minimum atomic E-state index is 1.27. The normalized spacial score (nSPS) is 10.6. The lowest BCUT2D eigenvalue weighted by Crippen LogP contribution is -1.79. The fourth-order valence-corrected chi connectivity index (χ4v) is 2.37. The zero-order valence-corrected chi connectivity index (χ0v) is 11.4. The largest absolute Gasteiger partial charge is 0.0616 e. The predicted molar refractivity (Wildman–Crippen MR) is 82.1 cm³/mol. The van der Waals surface area contributed by atoms with Gasteiger partial charge in [-0.15, -0.1) is 0 Å². The first-order valence-electron chi connectivity index (χ1n) is 5.58. The zero-order valence-electron chi connectivity index (χ0n) is 9.23. The van der Waals surface area contributed by atoms with Crippen LogP contribution in [-0.2, 0) is 0 Å². The molecular weight excluding hydrogens is 319 g/mol. The van der Waals surface area contributed by atoms with Gasteiger partial charge in [0.05, 0.1) is 0 Å². The molecule has 0 aliphatic heterocycles. The van der Waals surface area contributed by atoms with E-state index in [9.17, 15) is 0 Å². The van der Waals surface area contributed by atoms with Gasteiger partial charge in [-0.2, -0.15) is 0 Å². The molecule has 1 heteroatoms. The number of hydrogen-bond donors (Lipinski definition) is 0. The van der Waals surface area contributed by atoms with Crippen molar-refractivity contribution in [2.45, 2.75) is 0 Å². The Morgan fingerprint density at radius 3 is 2.00 bits per heavy atom. The molecule has 3 aromatic rings. The second-order valence-electron chi connectivity index (χ2n) is 4.07. The van der Waals surface area contributed by atoms with Gasteiger partial charge in [0.25, 0.3) is 0 Å². The summed E-state index contributed by atoms with van der Waals surface area (Å²) in [7, 11) is 0. The Hall–Kier alpha value is -1.35. The standard InChI is InChI=1S/C16H11I/c17-16-9-7-13(8-10-16)15-6-5-12-3-1-2-4-14(12)11-15/h1-11H. The van der Waals surface area contributed by atoms with E-state index in [1.807, 2.05) is 0 Å². The van der Waals surface area contributed by atoms with Crippen LogP contribution in [0.25, 0.3) is 21.9 Å². The zero-order chi connectivity index (χ0) is 11.7. The molecule has 0 spiro atoms. The highest BCUT2D eigenvalue weighted by molar-refractivity contribution is 14.1. The Balaban J connectivity index is 2.14. The molecule has 0 N–H and O–H groups in total. The maximum Gasteiger partial charge on any atom is 0.0130 e. The second-order valence-corrected chi connectivity index (χ2v) is 5.31. The van der Waals surface area contributed by atoms with E-state index in [2.05, 4.69) is 89.3 Å². The summed E-state index contributed by atoms with van der Waals surface area (Å²) in [5.74, 6) is 0. The Labute approximate surface area is 114 Å². The maximum absolute atomic E-state index is 2.33. The van der Waals surface area contributed by atoms with Crippen LogP contribution < -0.4 is 0 Å². The molecule has 0 heterocycles. The molecule has 0 unspecified atom stereocenters. The van der Waals surface area contributed by atoms with Crippen molar-refractivity contribution in [2.75, 3.05) is 0 Å². The Morgan fingerprint density at radius 2 is 1.24 bits per heavy atom. The van der Waals surface area contributed by atoms with Gasteiger partial charge in [-0.1, -0.05) is 48.5 Å². The van der Waals surface area contributed by atoms with Crippen molar-refractivity contribution in [1.29, 1.82) is 0 Å². The summed E-state index contributed by atoms with van der Waals surface area (Å²) >= 11 is 2.33. The summed E-state index contributed by atoms with van der Waals surface area (Å²) in [6.07, 6.45) is 0. The van der Waals surface area contributed by atoms with E-state index in [1.165, 1.54) is 25.5 Å². The molecule has 0 amide bonds. The molecule has 0 bridgehead atoms. The monoisotopic (exact) mass is 330 g/mol. The van der Waals surface area contributed by atoms with Crippen LogP contribution in [-0.4, -0.2) is 0 Å². The third-order valence-electron chi connectivity index (χ3n) is 2.93. The molecule has 0 nitrogen and oxygen atoms in total. The molecule has 17 heavy (non-hydrogen) atoms. The van der Waals surface area contributed by atoms with E-state index in [0.717, 1.165) is 0 Å². The SMILES string of the molecule is Ic1ccc(-c2ccc3ccccc3c2)cc1. The lowest BCUT2D eigenvalue weighted by molar-refractivity contribution is 1.61. The molecule has 0 saturated heterocycles. The van der Waals surface area contributed by atoms with Crippen molar-refractivity contribution in [3.05, 3.63) is 70.3 Å². The Morgan fingerprint density at radius 1 is 0.588 bits per heavy atom. The summed E-state index contributed by atoms with van der Waals surface area (Å²) in [5, 5.41) is 2.59. The van der Waals surface area contributed by atoms with Gasteiger partial charge in [-0.05, 0) is 62.7 Å². The van der Waals surface area contributed by atoms with Crippen LogP contribution in [0.4, 0.5) is 0 Å². The maximum atomic E-state index is 2.33. The van der Waals surface area contributed by atoms with Crippen LogP contribution in [0.3, 0.4) is 0 Å². The molecule has 0 aliphatic carbocycles. The molecular formula is C16H11I. The van der Waals surface area contributed by atoms with Gasteiger partial charge in [0.1, 0.15) is 0 Å². The van der Waals surface area contributed by atoms with Crippen molar-refractivity contribution in [1.82, 2.24) is 0 Å². The van der Waals surface area contributed by atoms with Gasteiger partial charge in [0.2, 0.25) is 0 Å². The smallest absolute Gasteiger partial charge is 0.0130 e. The van der Waals surface area contributed by atoms with Crippen LogP contribution in [0.1, 0.15) is 0 Å². The van der Waals surface area contributed by atoms with Crippen LogP contribution in [0.15, 0.2) is 66.7 Å². The first-order valence-corrected chi connectivity index (χ1v) is 6.65. The molecule has 0 aliphatic rings. The van der Waals surface area contributed by atoms with Crippen molar-refractivity contribution < 1.29 is 0 Å². The van der Waals surface area contributed by atoms with Gasteiger partial charge < -0.3 is 0 Å². The summed E-state index contributed by atoms with van der Waals surface area (Å²) < 4.78 is 1.27. The minimum absolute atomic E-state index is 1.27.